The van der Waals surface area contributed by atoms with E-state index in [-0.39, 0.29) is 12.8 Å². The Labute approximate surface area is 113 Å². The molecule has 0 spiro atoms. The van der Waals surface area contributed by atoms with E-state index in [9.17, 15) is 9.59 Å². The van der Waals surface area contributed by atoms with Crippen molar-refractivity contribution < 1.29 is 19.8 Å². The van der Waals surface area contributed by atoms with Gasteiger partial charge in [0, 0.05) is 6.42 Å². The molecule has 0 radical (unpaired) electrons. The van der Waals surface area contributed by atoms with Gasteiger partial charge in [-0.2, -0.15) is 0 Å². The highest BCUT2D eigenvalue weighted by atomic mass is 32.1. The van der Waals surface area contributed by atoms with Gasteiger partial charge in [-0.3, -0.25) is 9.59 Å². The first-order chi connectivity index (χ1) is 9.00. The van der Waals surface area contributed by atoms with Gasteiger partial charge in [0.1, 0.15) is 6.04 Å². The minimum absolute atomic E-state index is 0.0231. The van der Waals surface area contributed by atoms with Crippen molar-refractivity contribution in [2.75, 3.05) is 0 Å². The standard InChI is InChI=1S/C7H5NS.C5H9NO4/c1-2-4-7-6(3-1)8-5-9-7;6-3(5(9)10)1-2-4(7)8/h1-5H;3H,1-2,6H2,(H,7,8)(H,9,10). The fourth-order valence-corrected chi connectivity index (χ4v) is 1.88. The Hall–Kier alpha value is -1.99. The van der Waals surface area contributed by atoms with Gasteiger partial charge in [0.05, 0.1) is 15.7 Å². The maximum Gasteiger partial charge on any atom is 0.320 e. The normalized spacial score (nSPS) is 11.4. The topological polar surface area (TPSA) is 114 Å². The molecule has 0 saturated heterocycles. The fraction of sp³-hybridized carbons (Fsp3) is 0.250. The molecule has 1 atom stereocenters. The van der Waals surface area contributed by atoms with E-state index in [1.807, 2.05) is 23.7 Å². The van der Waals surface area contributed by atoms with Crippen LogP contribution in [0.1, 0.15) is 12.8 Å². The highest BCUT2D eigenvalue weighted by Crippen LogP contribution is 2.15. The van der Waals surface area contributed by atoms with Crippen LogP contribution >= 0.6 is 11.3 Å². The van der Waals surface area contributed by atoms with Crippen LogP contribution in [0.4, 0.5) is 0 Å². The van der Waals surface area contributed by atoms with Gasteiger partial charge in [-0.1, -0.05) is 12.1 Å². The van der Waals surface area contributed by atoms with Crippen LogP contribution < -0.4 is 5.73 Å². The smallest absolute Gasteiger partial charge is 0.320 e. The van der Waals surface area contributed by atoms with Crippen molar-refractivity contribution in [2.45, 2.75) is 18.9 Å². The molecule has 7 heteroatoms. The summed E-state index contributed by atoms with van der Waals surface area (Å²) in [5, 5.41) is 16.3. The van der Waals surface area contributed by atoms with Crippen LogP contribution in [0.25, 0.3) is 10.2 Å². The molecule has 0 bridgehead atoms. The number of carboxylic acids is 2. The quantitative estimate of drug-likeness (QED) is 0.784. The highest BCUT2D eigenvalue weighted by molar-refractivity contribution is 7.16. The zero-order chi connectivity index (χ0) is 14.3. The number of benzene rings is 1. The lowest BCUT2D eigenvalue weighted by Crippen LogP contribution is -2.30. The summed E-state index contributed by atoms with van der Waals surface area (Å²) < 4.78 is 1.26. The van der Waals surface area contributed by atoms with Crippen molar-refractivity contribution in [1.82, 2.24) is 4.98 Å². The van der Waals surface area contributed by atoms with E-state index < -0.39 is 18.0 Å². The Balaban J connectivity index is 0.000000190. The van der Waals surface area contributed by atoms with E-state index in [1.165, 1.54) is 4.70 Å². The molecule has 0 aliphatic carbocycles. The zero-order valence-electron chi connectivity index (χ0n) is 10.0. The molecule has 4 N–H and O–H groups in total. The third kappa shape index (κ3) is 5.45. The summed E-state index contributed by atoms with van der Waals surface area (Å²) in [6.07, 6.45) is -0.224. The van der Waals surface area contributed by atoms with Gasteiger partial charge >= 0.3 is 11.9 Å². The predicted molar refractivity (Wildman–Crippen MR) is 72.1 cm³/mol. The Bertz CT molecular complexity index is 525. The summed E-state index contributed by atoms with van der Waals surface area (Å²) in [6.45, 7) is 0. The van der Waals surface area contributed by atoms with Gasteiger partial charge in [0.15, 0.2) is 0 Å². The van der Waals surface area contributed by atoms with Gasteiger partial charge in [-0.15, -0.1) is 11.3 Å². The molecule has 0 fully saturated rings. The van der Waals surface area contributed by atoms with Crippen LogP contribution in [0, 0.1) is 0 Å². The molecule has 19 heavy (non-hydrogen) atoms. The molecule has 0 amide bonds. The van der Waals surface area contributed by atoms with Crippen LogP contribution in [0.3, 0.4) is 0 Å². The Morgan fingerprint density at radius 1 is 1.32 bits per heavy atom. The molecule has 2 rings (SSSR count). The van der Waals surface area contributed by atoms with Crippen molar-refractivity contribution in [3.8, 4) is 0 Å². The molecular weight excluding hydrogens is 268 g/mol. The predicted octanol–water partition coefficient (Wildman–Crippen LogP) is 1.56. The first kappa shape index (κ1) is 15.1. The maximum absolute atomic E-state index is 9.99. The van der Waals surface area contributed by atoms with Crippen molar-refractivity contribution in [3.05, 3.63) is 29.8 Å². The number of hydrogen-bond donors (Lipinski definition) is 3. The Kier molecular flexibility index (Phi) is 5.91. The first-order valence-electron chi connectivity index (χ1n) is 5.49. The fourth-order valence-electron chi connectivity index (χ4n) is 1.21. The molecule has 1 heterocycles. The molecule has 2 aromatic rings. The second-order valence-corrected chi connectivity index (χ2v) is 4.58. The largest absolute Gasteiger partial charge is 0.481 e. The number of fused-ring (bicyclic) bond motifs is 1. The summed E-state index contributed by atoms with van der Waals surface area (Å²) in [6, 6.07) is 7.07. The lowest BCUT2D eigenvalue weighted by atomic mass is 10.2. The molecule has 1 aromatic heterocycles. The number of nitrogens with two attached hydrogens (primary N) is 1. The number of para-hydroxylation sites is 1. The molecule has 0 aliphatic rings. The van der Waals surface area contributed by atoms with Crippen LogP contribution in [0.2, 0.25) is 0 Å². The SMILES string of the molecule is NC(CCC(=O)O)C(=O)O.c1ccc2scnc2c1. The van der Waals surface area contributed by atoms with Crippen LogP contribution in [0.5, 0.6) is 0 Å². The minimum atomic E-state index is -1.17. The van der Waals surface area contributed by atoms with E-state index in [0.717, 1.165) is 5.52 Å². The summed E-state index contributed by atoms with van der Waals surface area (Å²) >= 11 is 1.68. The second kappa shape index (κ2) is 7.45. The van der Waals surface area contributed by atoms with Gasteiger partial charge in [-0.25, -0.2) is 4.98 Å². The Morgan fingerprint density at radius 3 is 2.58 bits per heavy atom. The van der Waals surface area contributed by atoms with E-state index in [1.54, 1.807) is 11.3 Å². The van der Waals surface area contributed by atoms with E-state index in [2.05, 4.69) is 11.1 Å². The molecule has 0 saturated carbocycles. The molecule has 6 nitrogen and oxygen atoms in total. The van der Waals surface area contributed by atoms with Crippen molar-refractivity contribution in [2.24, 2.45) is 5.73 Å². The minimum Gasteiger partial charge on any atom is -0.481 e. The summed E-state index contributed by atoms with van der Waals surface area (Å²) in [5.74, 6) is -2.20. The Morgan fingerprint density at radius 2 is 2.00 bits per heavy atom. The molecule has 1 aromatic carbocycles. The summed E-state index contributed by atoms with van der Waals surface area (Å²) in [4.78, 5) is 24.0. The number of carboxylic acid groups (broad SMARTS) is 2. The van der Waals surface area contributed by atoms with E-state index in [0.29, 0.717) is 0 Å². The summed E-state index contributed by atoms with van der Waals surface area (Å²) in [7, 11) is 0. The highest BCUT2D eigenvalue weighted by Gasteiger charge is 2.12. The second-order valence-electron chi connectivity index (χ2n) is 3.70. The third-order valence-corrected chi connectivity index (χ3v) is 3.03. The lowest BCUT2D eigenvalue weighted by molar-refractivity contribution is -0.139. The van der Waals surface area contributed by atoms with Crippen molar-refractivity contribution >= 4 is 33.5 Å². The molecule has 1 unspecified atom stereocenters. The molecule has 0 aliphatic heterocycles. The number of rotatable bonds is 4. The number of hydrogen-bond acceptors (Lipinski definition) is 5. The van der Waals surface area contributed by atoms with Gasteiger partial charge in [0.25, 0.3) is 0 Å². The van der Waals surface area contributed by atoms with Gasteiger partial charge in [0.2, 0.25) is 0 Å². The van der Waals surface area contributed by atoms with Gasteiger partial charge < -0.3 is 15.9 Å². The average Bonchev–Trinajstić information content (AvgIpc) is 2.84. The number of thiazole rings is 1. The monoisotopic (exact) mass is 282 g/mol. The lowest BCUT2D eigenvalue weighted by Gasteiger charge is -2.01. The third-order valence-electron chi connectivity index (χ3n) is 2.22. The molecular formula is C12H14N2O4S. The van der Waals surface area contributed by atoms with Crippen molar-refractivity contribution in [3.63, 3.8) is 0 Å². The number of carbonyl (C=O) groups is 2. The number of aromatic nitrogens is 1. The first-order valence-corrected chi connectivity index (χ1v) is 6.37. The van der Waals surface area contributed by atoms with Gasteiger partial charge in [-0.05, 0) is 18.6 Å². The van der Waals surface area contributed by atoms with E-state index >= 15 is 0 Å². The molecule has 102 valence electrons. The van der Waals surface area contributed by atoms with E-state index in [4.69, 9.17) is 15.9 Å². The van der Waals surface area contributed by atoms with Crippen LogP contribution in [-0.2, 0) is 9.59 Å². The maximum atomic E-state index is 9.99. The average molecular weight is 282 g/mol. The number of aliphatic carboxylic acids is 2. The zero-order valence-corrected chi connectivity index (χ0v) is 10.8. The number of nitrogens with zero attached hydrogens (tertiary/aromatic N) is 1. The van der Waals surface area contributed by atoms with Crippen LogP contribution in [0.15, 0.2) is 29.8 Å². The summed E-state index contributed by atoms with van der Waals surface area (Å²) in [5.41, 5.74) is 7.97. The van der Waals surface area contributed by atoms with Crippen molar-refractivity contribution in [1.29, 1.82) is 0 Å². The van der Waals surface area contributed by atoms with Crippen LogP contribution in [-0.4, -0.2) is 33.2 Å².